The molecule has 4 aromatic heterocycles. The van der Waals surface area contributed by atoms with Crippen LogP contribution in [0.3, 0.4) is 0 Å². The summed E-state index contributed by atoms with van der Waals surface area (Å²) < 4.78 is 189. The van der Waals surface area contributed by atoms with Crippen molar-refractivity contribution >= 4 is 65.2 Å². The number of hydrogen-bond acceptors (Lipinski definition) is 22. The average molecular weight is 1680 g/mol. The zero-order valence-corrected chi connectivity index (χ0v) is 66.1. The molecule has 36 heteroatoms. The highest BCUT2D eigenvalue weighted by molar-refractivity contribution is 7.89. The number of halogens is 6. The number of nitrogen functional groups attached to an aromatic ring is 2. The van der Waals surface area contributed by atoms with Crippen LogP contribution in [0.25, 0.3) is 66.8 Å². The minimum Gasteiger partial charge on any atom is -0.497 e. The number of aromatic nitrogens is 10. The maximum Gasteiger partial charge on any atom is 0.417 e. The van der Waals surface area contributed by atoms with Gasteiger partial charge in [-0.15, -0.1) is 15.3 Å². The Morgan fingerprint density at radius 3 is 1.09 bits per heavy atom. The molecular formula is C84H72F6N14O14S2. The number of anilines is 2. The fourth-order valence-corrected chi connectivity index (χ4v) is 17.0. The molecule has 14 rings (SSSR count). The number of benzene rings is 10. The summed E-state index contributed by atoms with van der Waals surface area (Å²) in [6.07, 6.45) is -10.5. The second-order valence-electron chi connectivity index (χ2n) is 26.9. The van der Waals surface area contributed by atoms with Gasteiger partial charge in [0, 0.05) is 42.5 Å². The summed E-state index contributed by atoms with van der Waals surface area (Å²) in [5.41, 5.74) is 10.3. The Hall–Kier alpha value is -14.1. The highest BCUT2D eigenvalue weighted by Gasteiger charge is 2.46. The molecule has 0 aliphatic rings. The van der Waals surface area contributed by atoms with E-state index in [2.05, 4.69) is 40.9 Å². The molecule has 4 heterocycles. The lowest BCUT2D eigenvalue weighted by Crippen LogP contribution is -2.32. The lowest BCUT2D eigenvalue weighted by Gasteiger charge is -2.27. The van der Waals surface area contributed by atoms with Crippen LogP contribution in [0.5, 0.6) is 34.5 Å². The molecule has 0 fully saturated rings. The van der Waals surface area contributed by atoms with Crippen molar-refractivity contribution < 1.29 is 91.4 Å². The van der Waals surface area contributed by atoms with Gasteiger partial charge in [0.2, 0.25) is 25.9 Å². The molecular weight excluding hydrogens is 1610 g/mol. The Morgan fingerprint density at radius 1 is 0.417 bits per heavy atom. The number of pyridine rings is 2. The molecule has 0 bridgehead atoms. The summed E-state index contributed by atoms with van der Waals surface area (Å²) in [4.78, 5) is 32.1. The number of carbonyl (C=O) groups is 2. The summed E-state index contributed by atoms with van der Waals surface area (Å²) in [5, 5.41) is 45.5. The third-order valence-electron chi connectivity index (χ3n) is 19.4. The number of sulfonamides is 2. The number of nitrogens with two attached hydrogens (primary N) is 2. The highest BCUT2D eigenvalue weighted by atomic mass is 32.2. The molecule has 0 aliphatic carbocycles. The number of rotatable bonds is 28. The number of para-hydroxylation sites is 2. The quantitative estimate of drug-likeness (QED) is 0.0261. The van der Waals surface area contributed by atoms with Gasteiger partial charge < -0.3 is 50.1 Å². The molecule has 0 saturated carbocycles. The molecule has 0 unspecified atom stereocenters. The number of aromatic carboxylic acids is 2. The number of alkyl halides is 6. The smallest absolute Gasteiger partial charge is 0.417 e. The van der Waals surface area contributed by atoms with E-state index < -0.39 is 93.6 Å². The van der Waals surface area contributed by atoms with Crippen LogP contribution in [0, 0.1) is 0 Å². The number of hydrogen-bond donors (Lipinski definition) is 4. The second-order valence-corrected chi connectivity index (χ2v) is 30.6. The van der Waals surface area contributed by atoms with Crippen molar-refractivity contribution in [1.29, 1.82) is 0 Å². The maximum atomic E-state index is 15.5. The Kier molecular flexibility index (Phi) is 24.4. The molecule has 28 nitrogen and oxygen atoms in total. The van der Waals surface area contributed by atoms with E-state index in [1.54, 1.807) is 170 Å². The van der Waals surface area contributed by atoms with Gasteiger partial charge in [-0.1, -0.05) is 109 Å². The van der Waals surface area contributed by atoms with Gasteiger partial charge in [0.05, 0.1) is 94.8 Å². The van der Waals surface area contributed by atoms with Crippen molar-refractivity contribution in [2.45, 2.75) is 61.4 Å². The van der Waals surface area contributed by atoms with Crippen molar-refractivity contribution in [3.8, 4) is 79.5 Å². The first-order chi connectivity index (χ1) is 57.4. The predicted octanol–water partition coefficient (Wildman–Crippen LogP) is 14.6. The van der Waals surface area contributed by atoms with Crippen molar-refractivity contribution in [3.63, 3.8) is 0 Å². The van der Waals surface area contributed by atoms with Gasteiger partial charge in [0.25, 0.3) is 0 Å². The van der Waals surface area contributed by atoms with Crippen LogP contribution in [0.15, 0.2) is 228 Å². The number of carboxylic acid groups (broad SMARTS) is 2. The van der Waals surface area contributed by atoms with Crippen LogP contribution in [0.2, 0.25) is 0 Å². The average Bonchev–Trinajstić information content (AvgIpc) is 1.08. The molecule has 10 aromatic carbocycles. The van der Waals surface area contributed by atoms with E-state index in [0.29, 0.717) is 80.0 Å². The van der Waals surface area contributed by atoms with Crippen molar-refractivity contribution in [2.24, 2.45) is 0 Å². The summed E-state index contributed by atoms with van der Waals surface area (Å²) >= 11 is 0. The van der Waals surface area contributed by atoms with Gasteiger partial charge in [-0.05, 0) is 180 Å². The SMILES string of the molecule is COc1ccc(CN(Cc2ccc(OC)cc2)S(=O)(=O)c2c(C(F)(F)F)ccc(-c3cc(C(=O)O)nc4c(N)cccc34)c2-c2nnn(Cc3ccc(OC)cc3)n2)cc1.COc1ccc(CN(Cc2ccc(OC)cc2)S(=O)(=O)c2c(C(F)(F)F)ccc(-c3cc(C(=O)O)nc4c(N)cccc34)c2-c2nnnn2Cc2ccc(OC)cc2)cc1. The topological polar surface area (TPSA) is 370 Å². The van der Waals surface area contributed by atoms with Gasteiger partial charge in [-0.2, -0.15) is 39.7 Å². The van der Waals surface area contributed by atoms with Crippen LogP contribution < -0.4 is 39.9 Å². The van der Waals surface area contributed by atoms with Gasteiger partial charge in [-0.25, -0.2) is 41.1 Å². The lowest BCUT2D eigenvalue weighted by molar-refractivity contribution is -0.140. The van der Waals surface area contributed by atoms with Gasteiger partial charge in [0.1, 0.15) is 55.7 Å². The number of carboxylic acids is 2. The van der Waals surface area contributed by atoms with Crippen molar-refractivity contribution in [2.75, 3.05) is 54.1 Å². The van der Waals surface area contributed by atoms with E-state index in [4.69, 9.17) is 39.9 Å². The number of fused-ring (bicyclic) bond motifs is 2. The molecule has 6 N–H and O–H groups in total. The first kappa shape index (κ1) is 83.8. The Balaban J connectivity index is 0.000000207. The van der Waals surface area contributed by atoms with Gasteiger partial charge >= 0.3 is 24.3 Å². The summed E-state index contributed by atoms with van der Waals surface area (Å²) in [6.45, 7) is -1.65. The van der Waals surface area contributed by atoms with E-state index >= 15 is 43.2 Å². The number of tetrazole rings is 2. The van der Waals surface area contributed by atoms with Crippen LogP contribution in [-0.2, 0) is 71.7 Å². The minimum atomic E-state index is -5.25. The third-order valence-corrected chi connectivity index (χ3v) is 23.1. The standard InChI is InChI=1S/2C42H36F3N7O7S/c1-57-28-13-7-25(8-14-28)22-51(23-26-9-15-29(58-2)16-10-26)60(55,56)39-34(42(43,44)45)20-19-31(33-21-36(41(53)54)47-38-32(33)5-4-6-35(38)46)37(39)40-48-49-50-52(40)24-27-11-17-30(59-3)18-12-27;1-57-28-13-7-25(8-14-28)22-51(23-26-9-15-29(58-2)16-10-26)60(55,56)39-34(42(43,44)45)20-19-31(33-21-36(41(53)54)47-38-32(33)5-4-6-35(38)46)37(39)40-48-50-52(49-40)24-27-11-17-30(59-3)18-12-27/h2*4-21H,22-24,46H2,1-3H3,(H,53,54). The summed E-state index contributed by atoms with van der Waals surface area (Å²) in [6, 6.07) is 54.1. The van der Waals surface area contributed by atoms with Gasteiger partial charge in [0.15, 0.2) is 5.82 Å². The van der Waals surface area contributed by atoms with Crippen molar-refractivity contribution in [1.82, 2.24) is 59.0 Å². The Labute approximate surface area is 681 Å². The molecule has 120 heavy (non-hydrogen) atoms. The van der Waals surface area contributed by atoms with Crippen molar-refractivity contribution in [3.05, 3.63) is 274 Å². The van der Waals surface area contributed by atoms with E-state index in [1.165, 1.54) is 59.5 Å². The largest absolute Gasteiger partial charge is 0.497 e. The molecule has 0 radical (unpaired) electrons. The number of methoxy groups -OCH3 is 6. The maximum absolute atomic E-state index is 15.5. The minimum absolute atomic E-state index is 0.00762. The van der Waals surface area contributed by atoms with Crippen LogP contribution in [0.4, 0.5) is 37.7 Å². The monoisotopic (exact) mass is 1680 g/mol. The Morgan fingerprint density at radius 2 is 0.750 bits per heavy atom. The molecule has 616 valence electrons. The van der Waals surface area contributed by atoms with Gasteiger partial charge in [-0.3, -0.25) is 0 Å². The van der Waals surface area contributed by atoms with E-state index in [9.17, 15) is 19.8 Å². The summed E-state index contributed by atoms with van der Waals surface area (Å²) in [7, 11) is -1.63. The van der Waals surface area contributed by atoms with Crippen LogP contribution >= 0.6 is 0 Å². The second kappa shape index (κ2) is 35.0. The molecule has 0 amide bonds. The molecule has 0 atom stereocenters. The molecule has 0 aliphatic heterocycles. The number of ether oxygens (including phenoxy) is 6. The predicted molar refractivity (Wildman–Crippen MR) is 430 cm³/mol. The summed E-state index contributed by atoms with van der Waals surface area (Å²) in [5.74, 6) is -0.730. The normalized spacial score (nSPS) is 11.8. The zero-order chi connectivity index (χ0) is 85.5. The van der Waals surface area contributed by atoms with E-state index in [1.807, 2.05) is 0 Å². The highest BCUT2D eigenvalue weighted by Crippen LogP contribution is 2.50. The molecule has 14 aromatic rings. The zero-order valence-electron chi connectivity index (χ0n) is 64.4. The fraction of sp³-hybridized carbons (Fsp3) is 0.167. The lowest BCUT2D eigenvalue weighted by atomic mass is 9.93. The fourth-order valence-electron chi connectivity index (χ4n) is 13.4. The first-order valence-electron chi connectivity index (χ1n) is 36.1. The van der Waals surface area contributed by atoms with E-state index in [-0.39, 0.29) is 101 Å². The third kappa shape index (κ3) is 18.0. The Bertz CT molecular complexity index is 6270. The van der Waals surface area contributed by atoms with E-state index in [0.717, 1.165) is 37.7 Å². The number of nitrogens with zero attached hydrogens (tertiary/aromatic N) is 12. The first-order valence-corrected chi connectivity index (χ1v) is 39.0. The molecule has 0 saturated heterocycles. The molecule has 0 spiro atoms. The van der Waals surface area contributed by atoms with Crippen LogP contribution in [-0.4, -0.2) is 141 Å². The van der Waals surface area contributed by atoms with Crippen LogP contribution in [0.1, 0.15) is 65.5 Å².